The largest absolute Gasteiger partial charge is 0.496 e. The Kier molecular flexibility index (Phi) is 4.48. The van der Waals surface area contributed by atoms with Gasteiger partial charge in [-0.05, 0) is 55.8 Å². The van der Waals surface area contributed by atoms with Gasteiger partial charge >= 0.3 is 0 Å². The van der Waals surface area contributed by atoms with Gasteiger partial charge in [-0.3, -0.25) is 4.79 Å². The number of ketones is 1. The van der Waals surface area contributed by atoms with Crippen molar-refractivity contribution in [1.82, 2.24) is 0 Å². The van der Waals surface area contributed by atoms with Crippen LogP contribution >= 0.6 is 0 Å². The van der Waals surface area contributed by atoms with E-state index in [1.165, 1.54) is 6.92 Å². The first kappa shape index (κ1) is 14.9. The van der Waals surface area contributed by atoms with Gasteiger partial charge in [-0.15, -0.1) is 0 Å². The predicted octanol–water partition coefficient (Wildman–Crippen LogP) is 3.37. The molecule has 0 unspecified atom stereocenters. The summed E-state index contributed by atoms with van der Waals surface area (Å²) in [6.45, 7) is 3.81. The van der Waals surface area contributed by atoms with Crippen LogP contribution in [0.2, 0.25) is 0 Å². The zero-order valence-electron chi connectivity index (χ0n) is 12.5. The van der Waals surface area contributed by atoms with E-state index in [2.05, 4.69) is 0 Å². The standard InChI is InChI=1S/C17H19NO3/c1-11-8-15(18)5-7-16(11)21-10-14-9-13(12(2)19)4-6-17(14)20-3/h4-9H,10,18H2,1-3H3. The van der Waals surface area contributed by atoms with Crippen LogP contribution in [0, 0.1) is 6.92 Å². The van der Waals surface area contributed by atoms with Crippen LogP contribution < -0.4 is 15.2 Å². The molecule has 0 aliphatic rings. The minimum atomic E-state index is 0.0163. The van der Waals surface area contributed by atoms with Crippen molar-refractivity contribution < 1.29 is 14.3 Å². The first-order valence-corrected chi connectivity index (χ1v) is 6.68. The fourth-order valence-corrected chi connectivity index (χ4v) is 2.10. The minimum absolute atomic E-state index is 0.0163. The molecular weight excluding hydrogens is 266 g/mol. The lowest BCUT2D eigenvalue weighted by Crippen LogP contribution is -2.02. The molecule has 2 aromatic rings. The lowest BCUT2D eigenvalue weighted by molar-refractivity contribution is 0.101. The molecular formula is C17H19NO3. The molecule has 2 N–H and O–H groups in total. The fourth-order valence-electron chi connectivity index (χ4n) is 2.10. The number of nitrogens with two attached hydrogens (primary N) is 1. The van der Waals surface area contributed by atoms with Crippen molar-refractivity contribution in [2.45, 2.75) is 20.5 Å². The molecule has 0 bridgehead atoms. The molecule has 2 rings (SSSR count). The zero-order chi connectivity index (χ0) is 15.4. The number of carbonyl (C=O) groups is 1. The SMILES string of the molecule is COc1ccc(C(C)=O)cc1COc1ccc(N)cc1C. The monoisotopic (exact) mass is 285 g/mol. The van der Waals surface area contributed by atoms with E-state index in [-0.39, 0.29) is 5.78 Å². The Hall–Kier alpha value is -2.49. The Morgan fingerprint density at radius 1 is 1.14 bits per heavy atom. The van der Waals surface area contributed by atoms with Gasteiger partial charge in [0.2, 0.25) is 0 Å². The summed E-state index contributed by atoms with van der Waals surface area (Å²) in [5.41, 5.74) is 8.87. The van der Waals surface area contributed by atoms with E-state index < -0.39 is 0 Å². The average molecular weight is 285 g/mol. The first-order chi connectivity index (χ1) is 10.0. The summed E-state index contributed by atoms with van der Waals surface area (Å²) in [4.78, 5) is 11.5. The molecule has 0 atom stereocenters. The first-order valence-electron chi connectivity index (χ1n) is 6.68. The Morgan fingerprint density at radius 3 is 2.48 bits per heavy atom. The summed E-state index contributed by atoms with van der Waals surface area (Å²) < 4.78 is 11.1. The number of methoxy groups -OCH3 is 1. The third kappa shape index (κ3) is 3.54. The van der Waals surface area contributed by atoms with Crippen LogP contribution in [0.3, 0.4) is 0 Å². The molecule has 21 heavy (non-hydrogen) atoms. The number of hydrogen-bond donors (Lipinski definition) is 1. The Morgan fingerprint density at radius 2 is 1.86 bits per heavy atom. The highest BCUT2D eigenvalue weighted by atomic mass is 16.5. The van der Waals surface area contributed by atoms with Crippen LogP contribution in [0.5, 0.6) is 11.5 Å². The van der Waals surface area contributed by atoms with Crippen molar-refractivity contribution in [2.24, 2.45) is 0 Å². The summed E-state index contributed by atoms with van der Waals surface area (Å²) in [5, 5.41) is 0. The summed E-state index contributed by atoms with van der Waals surface area (Å²) in [7, 11) is 1.60. The second kappa shape index (κ2) is 6.31. The highest BCUT2D eigenvalue weighted by Crippen LogP contribution is 2.25. The van der Waals surface area contributed by atoms with Crippen molar-refractivity contribution in [1.29, 1.82) is 0 Å². The van der Waals surface area contributed by atoms with Gasteiger partial charge in [0, 0.05) is 16.8 Å². The van der Waals surface area contributed by atoms with Crippen molar-refractivity contribution in [3.05, 3.63) is 53.1 Å². The molecule has 0 spiro atoms. The molecule has 110 valence electrons. The van der Waals surface area contributed by atoms with Crippen LogP contribution in [0.25, 0.3) is 0 Å². The van der Waals surface area contributed by atoms with Crippen molar-refractivity contribution >= 4 is 11.5 Å². The smallest absolute Gasteiger partial charge is 0.159 e. The highest BCUT2D eigenvalue weighted by molar-refractivity contribution is 5.94. The van der Waals surface area contributed by atoms with Gasteiger partial charge in [0.15, 0.2) is 5.78 Å². The number of rotatable bonds is 5. The predicted molar refractivity (Wildman–Crippen MR) is 82.9 cm³/mol. The van der Waals surface area contributed by atoms with E-state index in [0.717, 1.165) is 16.9 Å². The number of Topliss-reactive ketones (excluding diaryl/α,β-unsaturated/α-hetero) is 1. The molecule has 0 aliphatic carbocycles. The van der Waals surface area contributed by atoms with E-state index in [9.17, 15) is 4.79 Å². The Balaban J connectivity index is 2.22. The lowest BCUT2D eigenvalue weighted by atomic mass is 10.1. The third-order valence-corrected chi connectivity index (χ3v) is 3.27. The normalized spacial score (nSPS) is 10.2. The number of nitrogen functional groups attached to an aromatic ring is 1. The van der Waals surface area contributed by atoms with Crippen LogP contribution in [0.4, 0.5) is 5.69 Å². The average Bonchev–Trinajstić information content (AvgIpc) is 2.46. The molecule has 2 aromatic carbocycles. The van der Waals surface area contributed by atoms with Crippen LogP contribution in [0.15, 0.2) is 36.4 Å². The molecule has 0 amide bonds. The van der Waals surface area contributed by atoms with E-state index in [0.29, 0.717) is 23.6 Å². The summed E-state index contributed by atoms with van der Waals surface area (Å²) in [6.07, 6.45) is 0. The van der Waals surface area contributed by atoms with Crippen LogP contribution in [-0.2, 0) is 6.61 Å². The maximum absolute atomic E-state index is 11.5. The Labute approximate surface area is 124 Å². The number of ether oxygens (including phenoxy) is 2. The number of benzene rings is 2. The molecule has 0 saturated heterocycles. The third-order valence-electron chi connectivity index (χ3n) is 3.27. The van der Waals surface area contributed by atoms with Gasteiger partial charge in [-0.25, -0.2) is 0 Å². The fraction of sp³-hybridized carbons (Fsp3) is 0.235. The van der Waals surface area contributed by atoms with Gasteiger partial charge in [0.25, 0.3) is 0 Å². The zero-order valence-corrected chi connectivity index (χ0v) is 12.5. The second-order valence-corrected chi connectivity index (χ2v) is 4.90. The molecule has 0 aromatic heterocycles. The number of hydrogen-bond acceptors (Lipinski definition) is 4. The molecule has 4 heteroatoms. The topological polar surface area (TPSA) is 61.5 Å². The lowest BCUT2D eigenvalue weighted by Gasteiger charge is -2.13. The summed E-state index contributed by atoms with van der Waals surface area (Å²) in [6, 6.07) is 10.8. The molecule has 0 heterocycles. The van der Waals surface area contributed by atoms with Crippen molar-refractivity contribution in [3.8, 4) is 11.5 Å². The molecule has 0 aliphatic heterocycles. The number of anilines is 1. The van der Waals surface area contributed by atoms with Crippen LogP contribution in [0.1, 0.15) is 28.4 Å². The van der Waals surface area contributed by atoms with E-state index >= 15 is 0 Å². The van der Waals surface area contributed by atoms with Gasteiger partial charge in [0.05, 0.1) is 7.11 Å². The van der Waals surface area contributed by atoms with Crippen molar-refractivity contribution in [3.63, 3.8) is 0 Å². The van der Waals surface area contributed by atoms with E-state index in [4.69, 9.17) is 15.2 Å². The minimum Gasteiger partial charge on any atom is -0.496 e. The van der Waals surface area contributed by atoms with Gasteiger partial charge in [-0.2, -0.15) is 0 Å². The molecule has 4 nitrogen and oxygen atoms in total. The second-order valence-electron chi connectivity index (χ2n) is 4.90. The number of carbonyl (C=O) groups excluding carboxylic acids is 1. The van der Waals surface area contributed by atoms with E-state index in [1.54, 1.807) is 31.4 Å². The van der Waals surface area contributed by atoms with Crippen molar-refractivity contribution in [2.75, 3.05) is 12.8 Å². The van der Waals surface area contributed by atoms with E-state index in [1.807, 2.05) is 19.1 Å². The molecule has 0 radical (unpaired) electrons. The molecule has 0 saturated carbocycles. The maximum atomic E-state index is 11.5. The van der Waals surface area contributed by atoms with Gasteiger partial charge in [0.1, 0.15) is 18.1 Å². The quantitative estimate of drug-likeness (QED) is 0.676. The summed E-state index contributed by atoms with van der Waals surface area (Å²) >= 11 is 0. The van der Waals surface area contributed by atoms with Gasteiger partial charge in [-0.1, -0.05) is 0 Å². The van der Waals surface area contributed by atoms with Gasteiger partial charge < -0.3 is 15.2 Å². The summed E-state index contributed by atoms with van der Waals surface area (Å²) in [5.74, 6) is 1.48. The Bertz CT molecular complexity index is 665. The maximum Gasteiger partial charge on any atom is 0.159 e. The molecule has 0 fully saturated rings. The highest BCUT2D eigenvalue weighted by Gasteiger charge is 2.09. The van der Waals surface area contributed by atoms with Crippen LogP contribution in [-0.4, -0.2) is 12.9 Å². The number of aryl methyl sites for hydroxylation is 1.